The van der Waals surface area contributed by atoms with E-state index in [1.165, 1.54) is 4.88 Å². The van der Waals surface area contributed by atoms with Crippen molar-refractivity contribution in [3.05, 3.63) is 16.1 Å². The zero-order valence-corrected chi connectivity index (χ0v) is 22.0. The molecule has 0 fully saturated rings. The molecule has 0 saturated heterocycles. The predicted octanol–water partition coefficient (Wildman–Crippen LogP) is 4.20. The zero-order chi connectivity index (χ0) is 21.2. The molecule has 0 aliphatic carbocycles. The molecule has 0 aliphatic heterocycles. The van der Waals surface area contributed by atoms with Gasteiger partial charge >= 0.3 is 6.09 Å². The molecule has 1 aromatic heterocycles. The summed E-state index contributed by atoms with van der Waals surface area (Å²) in [6, 6.07) is 0.0898. The number of ether oxygens (including phenoxy) is 1. The van der Waals surface area contributed by atoms with Gasteiger partial charge in [0.05, 0.1) is 5.01 Å². The Balaban J connectivity index is 0.00000784. The lowest BCUT2D eigenvalue weighted by Crippen LogP contribution is -2.42. The summed E-state index contributed by atoms with van der Waals surface area (Å²) in [4.78, 5) is 24.3. The number of halogens is 1. The van der Waals surface area contributed by atoms with Gasteiger partial charge in [0.15, 0.2) is 5.96 Å². The maximum absolute atomic E-state index is 12.3. The Morgan fingerprint density at radius 1 is 1.34 bits per heavy atom. The van der Waals surface area contributed by atoms with Gasteiger partial charge in [-0.3, -0.25) is 4.99 Å². The first kappa shape index (κ1) is 27.9. The average Bonchev–Trinajstić information content (AvgIpc) is 2.97. The van der Waals surface area contributed by atoms with E-state index in [-0.39, 0.29) is 36.1 Å². The summed E-state index contributed by atoms with van der Waals surface area (Å²) < 4.78 is 5.50. The van der Waals surface area contributed by atoms with Crippen LogP contribution in [-0.2, 0) is 11.2 Å². The first-order chi connectivity index (χ1) is 13.1. The molecule has 168 valence electrons. The van der Waals surface area contributed by atoms with Crippen LogP contribution in [0.25, 0.3) is 0 Å². The molecule has 0 atom stereocenters. The molecule has 0 unspecified atom stereocenters. The number of nitrogens with one attached hydrogen (secondary N) is 2. The molecular formula is C20H38IN5O2S. The molecular weight excluding hydrogens is 501 g/mol. The smallest absolute Gasteiger partial charge is 0.410 e. The number of guanidine groups is 1. The van der Waals surface area contributed by atoms with E-state index >= 15 is 0 Å². The minimum absolute atomic E-state index is 0. The fourth-order valence-electron chi connectivity index (χ4n) is 2.46. The first-order valence-corrected chi connectivity index (χ1v) is 10.9. The van der Waals surface area contributed by atoms with Gasteiger partial charge < -0.3 is 20.3 Å². The van der Waals surface area contributed by atoms with Crippen molar-refractivity contribution in [2.24, 2.45) is 4.99 Å². The van der Waals surface area contributed by atoms with Gasteiger partial charge in [-0.25, -0.2) is 9.78 Å². The largest absolute Gasteiger partial charge is 0.444 e. The Labute approximate surface area is 197 Å². The van der Waals surface area contributed by atoms with Crippen molar-refractivity contribution in [3.8, 4) is 0 Å². The van der Waals surface area contributed by atoms with Gasteiger partial charge in [0.1, 0.15) is 5.60 Å². The van der Waals surface area contributed by atoms with Crippen molar-refractivity contribution in [3.63, 3.8) is 0 Å². The maximum Gasteiger partial charge on any atom is 0.410 e. The Morgan fingerprint density at radius 3 is 2.55 bits per heavy atom. The van der Waals surface area contributed by atoms with Crippen LogP contribution in [-0.4, -0.2) is 59.8 Å². The molecule has 0 radical (unpaired) electrons. The van der Waals surface area contributed by atoms with Crippen LogP contribution in [0.1, 0.15) is 57.8 Å². The third-order valence-electron chi connectivity index (χ3n) is 3.72. The molecule has 0 bridgehead atoms. The number of hydrogen-bond donors (Lipinski definition) is 2. The van der Waals surface area contributed by atoms with Crippen LogP contribution in [0.2, 0.25) is 0 Å². The maximum atomic E-state index is 12.3. The third-order valence-corrected chi connectivity index (χ3v) is 4.70. The van der Waals surface area contributed by atoms with Crippen molar-refractivity contribution in [2.75, 3.05) is 26.2 Å². The van der Waals surface area contributed by atoms with E-state index in [0.717, 1.165) is 36.9 Å². The van der Waals surface area contributed by atoms with E-state index in [2.05, 4.69) is 27.5 Å². The van der Waals surface area contributed by atoms with Gasteiger partial charge in [0, 0.05) is 49.7 Å². The monoisotopic (exact) mass is 539 g/mol. The van der Waals surface area contributed by atoms with Crippen LogP contribution in [0.3, 0.4) is 0 Å². The Kier molecular flexibility index (Phi) is 13.5. The van der Waals surface area contributed by atoms with Gasteiger partial charge in [-0.1, -0.05) is 0 Å². The van der Waals surface area contributed by atoms with Crippen molar-refractivity contribution in [1.82, 2.24) is 20.5 Å². The second-order valence-corrected chi connectivity index (χ2v) is 9.24. The minimum Gasteiger partial charge on any atom is -0.444 e. The van der Waals surface area contributed by atoms with Crippen LogP contribution >= 0.6 is 35.3 Å². The van der Waals surface area contributed by atoms with E-state index in [1.54, 1.807) is 16.2 Å². The lowest BCUT2D eigenvalue weighted by Gasteiger charge is -2.30. The number of rotatable bonds is 9. The summed E-state index contributed by atoms with van der Waals surface area (Å²) in [5, 5.41) is 7.73. The Hall–Kier alpha value is -1.10. The van der Waals surface area contributed by atoms with Crippen molar-refractivity contribution < 1.29 is 9.53 Å². The topological polar surface area (TPSA) is 78.9 Å². The fraction of sp³-hybridized carbons (Fsp3) is 0.750. The average molecular weight is 540 g/mol. The molecule has 0 saturated carbocycles. The number of hydrogen-bond acceptors (Lipinski definition) is 5. The number of carbonyl (C=O) groups excluding carboxylic acids is 1. The molecule has 9 heteroatoms. The highest BCUT2D eigenvalue weighted by atomic mass is 127. The van der Waals surface area contributed by atoms with E-state index in [0.29, 0.717) is 13.1 Å². The Morgan fingerprint density at radius 2 is 2.03 bits per heavy atom. The molecule has 29 heavy (non-hydrogen) atoms. The lowest BCUT2D eigenvalue weighted by atomic mass is 10.2. The Bertz CT molecular complexity index is 629. The SMILES string of the molecule is CCNC(=NCCCN(C(=O)OC(C)(C)C)C(C)C)NCCc1ncc(C)s1.I. The standard InChI is InChI=1S/C20H37N5O2S.HI/c1-8-21-18(23-12-10-17-24-14-16(4)28-17)22-11-9-13-25(15(2)3)19(26)27-20(5,6)7;/h14-15H,8-13H2,1-7H3,(H2,21,22,23);1H. The van der Waals surface area contributed by atoms with Crippen LogP contribution in [0, 0.1) is 6.92 Å². The van der Waals surface area contributed by atoms with E-state index in [4.69, 9.17) is 4.74 Å². The summed E-state index contributed by atoms with van der Waals surface area (Å²) in [6.45, 7) is 16.6. The quantitative estimate of drug-likeness (QED) is 0.213. The number of aryl methyl sites for hydroxylation is 1. The number of thiazole rings is 1. The number of aliphatic imine (C=N–C) groups is 1. The molecule has 0 spiro atoms. The third kappa shape index (κ3) is 12.2. The number of amides is 1. The highest BCUT2D eigenvalue weighted by Gasteiger charge is 2.23. The second-order valence-electron chi connectivity index (χ2n) is 7.92. The number of nitrogens with zero attached hydrogens (tertiary/aromatic N) is 3. The van der Waals surface area contributed by atoms with E-state index in [9.17, 15) is 4.79 Å². The van der Waals surface area contributed by atoms with Gasteiger partial charge in [-0.15, -0.1) is 35.3 Å². The second kappa shape index (κ2) is 14.0. The first-order valence-electron chi connectivity index (χ1n) is 10.1. The van der Waals surface area contributed by atoms with Crippen LogP contribution in [0.4, 0.5) is 4.79 Å². The summed E-state index contributed by atoms with van der Waals surface area (Å²) in [7, 11) is 0. The number of aromatic nitrogens is 1. The molecule has 1 amide bonds. The van der Waals surface area contributed by atoms with Gasteiger partial charge in [-0.05, 0) is 54.9 Å². The molecule has 1 heterocycles. The van der Waals surface area contributed by atoms with Crippen LogP contribution in [0.5, 0.6) is 0 Å². The van der Waals surface area contributed by atoms with E-state index in [1.807, 2.05) is 47.7 Å². The van der Waals surface area contributed by atoms with Crippen LogP contribution < -0.4 is 10.6 Å². The van der Waals surface area contributed by atoms with Crippen molar-refractivity contribution in [2.45, 2.75) is 73.0 Å². The molecule has 7 nitrogen and oxygen atoms in total. The van der Waals surface area contributed by atoms with Crippen LogP contribution in [0.15, 0.2) is 11.2 Å². The molecule has 2 N–H and O–H groups in total. The molecule has 1 aromatic rings. The summed E-state index contributed by atoms with van der Waals surface area (Å²) >= 11 is 1.73. The molecule has 0 aromatic carbocycles. The van der Waals surface area contributed by atoms with Gasteiger partial charge in [-0.2, -0.15) is 0 Å². The predicted molar refractivity (Wildman–Crippen MR) is 133 cm³/mol. The summed E-state index contributed by atoms with van der Waals surface area (Å²) in [5.74, 6) is 0.796. The molecule has 1 rings (SSSR count). The highest BCUT2D eigenvalue weighted by molar-refractivity contribution is 14.0. The van der Waals surface area contributed by atoms with Crippen molar-refractivity contribution in [1.29, 1.82) is 0 Å². The summed E-state index contributed by atoms with van der Waals surface area (Å²) in [5.41, 5.74) is -0.486. The number of carbonyl (C=O) groups is 1. The summed E-state index contributed by atoms with van der Waals surface area (Å²) in [6.07, 6.45) is 3.29. The lowest BCUT2D eigenvalue weighted by molar-refractivity contribution is 0.0190. The van der Waals surface area contributed by atoms with Gasteiger partial charge in [0.25, 0.3) is 0 Å². The zero-order valence-electron chi connectivity index (χ0n) is 18.9. The van der Waals surface area contributed by atoms with Gasteiger partial charge in [0.2, 0.25) is 0 Å². The highest BCUT2D eigenvalue weighted by Crippen LogP contribution is 2.12. The van der Waals surface area contributed by atoms with E-state index < -0.39 is 5.60 Å². The van der Waals surface area contributed by atoms with Crippen molar-refractivity contribution >= 4 is 47.4 Å². The normalized spacial score (nSPS) is 11.8. The molecule has 0 aliphatic rings. The minimum atomic E-state index is -0.486. The fourth-order valence-corrected chi connectivity index (χ4v) is 3.25.